The van der Waals surface area contributed by atoms with E-state index in [1.165, 1.54) is 29.4 Å². The average molecular weight is 785 g/mol. The summed E-state index contributed by atoms with van der Waals surface area (Å²) in [6.07, 6.45) is 7.12. The van der Waals surface area contributed by atoms with Crippen molar-refractivity contribution in [1.29, 1.82) is 0 Å². The number of halogens is 4. The van der Waals surface area contributed by atoms with Crippen molar-refractivity contribution in [3.05, 3.63) is 111 Å². The van der Waals surface area contributed by atoms with Crippen LogP contribution in [0.2, 0.25) is 10.0 Å². The van der Waals surface area contributed by atoms with Crippen LogP contribution in [0.5, 0.6) is 11.5 Å². The van der Waals surface area contributed by atoms with Crippen LogP contribution in [0.3, 0.4) is 0 Å². The Hall–Kier alpha value is -4.72. The van der Waals surface area contributed by atoms with Gasteiger partial charge < -0.3 is 19.3 Å². The second-order valence-corrected chi connectivity index (χ2v) is 14.8. The number of hydrogen-bond acceptors (Lipinski definition) is 8. The first-order valence-electron chi connectivity index (χ1n) is 17.8. The summed E-state index contributed by atoms with van der Waals surface area (Å²) < 4.78 is 44.5. The van der Waals surface area contributed by atoms with Crippen molar-refractivity contribution in [3.63, 3.8) is 0 Å². The molecule has 4 fully saturated rings. The number of hydrogen-bond donors (Lipinski definition) is 2. The summed E-state index contributed by atoms with van der Waals surface area (Å²) in [5.41, 5.74) is 1.75. The van der Waals surface area contributed by atoms with Crippen molar-refractivity contribution in [2.24, 2.45) is 11.8 Å². The molecule has 0 spiro atoms. The monoisotopic (exact) mass is 783 g/mol. The molecule has 1 saturated carbocycles. The van der Waals surface area contributed by atoms with Crippen molar-refractivity contribution < 1.29 is 47.6 Å². The molecule has 11 nitrogen and oxygen atoms in total. The Morgan fingerprint density at radius 2 is 1.76 bits per heavy atom. The third kappa shape index (κ3) is 8.80. The van der Waals surface area contributed by atoms with Crippen LogP contribution in [0.4, 0.5) is 19.4 Å². The van der Waals surface area contributed by atoms with Gasteiger partial charge in [0.15, 0.2) is 11.5 Å². The van der Waals surface area contributed by atoms with Crippen molar-refractivity contribution >= 4 is 41.1 Å². The first-order chi connectivity index (χ1) is 26.0. The number of ether oxygens (including phenoxy) is 3. The maximum Gasteiger partial charge on any atom is 0.416 e. The molecule has 4 aliphatic rings. The number of aromatic nitrogens is 2. The Balaban J connectivity index is 1.29. The van der Waals surface area contributed by atoms with Crippen molar-refractivity contribution in [2.45, 2.75) is 57.3 Å². The molecule has 3 saturated heterocycles. The van der Waals surface area contributed by atoms with E-state index in [1.807, 2.05) is 0 Å². The zero-order chi connectivity index (χ0) is 37.9. The predicted molar refractivity (Wildman–Crippen MR) is 194 cm³/mol. The fourth-order valence-electron chi connectivity index (χ4n) is 7.25. The van der Waals surface area contributed by atoms with Gasteiger partial charge in [0.1, 0.15) is 22.0 Å². The standard InChI is InChI=1S/C39H38Cl2F2N4O7/c40-31-19-46(51)20-32(41)30(31)17-28(26-7-9-33(53-38(42)43)34(16-26)52-22-23-4-5-23)29-15-24(6-8-27(29)37(48)49)18-47(36-3-1-2-12-44-36)39(50)54-35-21-45-13-10-25(35)11-14-45/h1-3,6-9,12,15-16,19-20,23,25,28,35,38H,4-5,10-11,13-14,17-18,21-22H2,(H-,48,49,51)/p+1/t28-,35-/m0/s1. The van der Waals surface area contributed by atoms with Crippen LogP contribution in [0.25, 0.3) is 0 Å². The van der Waals surface area contributed by atoms with E-state index in [4.69, 9.17) is 37.4 Å². The number of carboxylic acid groups (broad SMARTS) is 1. The highest BCUT2D eigenvalue weighted by Gasteiger charge is 2.38. The van der Waals surface area contributed by atoms with Crippen LogP contribution < -0.4 is 19.1 Å². The van der Waals surface area contributed by atoms with E-state index in [2.05, 4.69) is 9.88 Å². The quantitative estimate of drug-likeness (QED) is 0.0982. The highest BCUT2D eigenvalue weighted by molar-refractivity contribution is 6.35. The molecule has 0 radical (unpaired) electrons. The maximum atomic E-state index is 13.9. The summed E-state index contributed by atoms with van der Waals surface area (Å²) in [4.78, 5) is 34.9. The van der Waals surface area contributed by atoms with E-state index in [1.54, 1.807) is 48.7 Å². The van der Waals surface area contributed by atoms with Gasteiger partial charge >= 0.3 is 18.7 Å². The van der Waals surface area contributed by atoms with Gasteiger partial charge in [0, 0.05) is 29.0 Å². The molecule has 2 bridgehead atoms. The number of rotatable bonds is 14. The van der Waals surface area contributed by atoms with Crippen molar-refractivity contribution in [3.8, 4) is 11.5 Å². The van der Waals surface area contributed by atoms with E-state index < -0.39 is 24.6 Å². The van der Waals surface area contributed by atoms with Crippen LogP contribution in [-0.4, -0.2) is 71.2 Å². The molecule has 0 unspecified atom stereocenters. The second-order valence-electron chi connectivity index (χ2n) is 14.0. The fourth-order valence-corrected chi connectivity index (χ4v) is 7.86. The van der Waals surface area contributed by atoms with E-state index in [-0.39, 0.29) is 52.1 Å². The highest BCUT2D eigenvalue weighted by atomic mass is 35.5. The third-order valence-corrected chi connectivity index (χ3v) is 10.9. The number of piperidine rings is 3. The van der Waals surface area contributed by atoms with Gasteiger partial charge in [-0.1, -0.05) is 47.5 Å². The number of alkyl halides is 2. The molecule has 1 amide bonds. The number of anilines is 1. The molecule has 5 heterocycles. The molecule has 15 heteroatoms. The summed E-state index contributed by atoms with van der Waals surface area (Å²) in [5.74, 6) is -1.17. The van der Waals surface area contributed by atoms with Crippen LogP contribution in [-0.2, 0) is 17.7 Å². The van der Waals surface area contributed by atoms with Gasteiger partial charge in [0.2, 0.25) is 12.4 Å². The van der Waals surface area contributed by atoms with Gasteiger partial charge in [-0.05, 0) is 104 Å². The second kappa shape index (κ2) is 16.3. The summed E-state index contributed by atoms with van der Waals surface area (Å²) in [7, 11) is 0. The predicted octanol–water partition coefficient (Wildman–Crippen LogP) is 7.61. The van der Waals surface area contributed by atoms with Crippen LogP contribution in [0.1, 0.15) is 64.2 Å². The van der Waals surface area contributed by atoms with Gasteiger partial charge in [-0.15, -0.1) is 0 Å². The Labute approximate surface area is 320 Å². The smallest absolute Gasteiger partial charge is 0.416 e. The van der Waals surface area contributed by atoms with E-state index >= 15 is 0 Å². The molecule has 4 aromatic rings. The summed E-state index contributed by atoms with van der Waals surface area (Å²) in [5, 5.41) is 20.8. The Morgan fingerprint density at radius 3 is 2.39 bits per heavy atom. The minimum absolute atomic E-state index is 0.00908. The fraction of sp³-hybridized carbons (Fsp3) is 0.385. The molecule has 3 aliphatic heterocycles. The summed E-state index contributed by atoms with van der Waals surface area (Å²) >= 11 is 13.2. The van der Waals surface area contributed by atoms with Crippen molar-refractivity contribution in [2.75, 3.05) is 31.1 Å². The van der Waals surface area contributed by atoms with E-state index in [0.717, 1.165) is 38.8 Å². The number of pyridine rings is 2. The zero-order valence-electron chi connectivity index (χ0n) is 29.1. The number of carbonyl (C=O) groups excluding carboxylic acids is 1. The van der Waals surface area contributed by atoms with Crippen LogP contribution >= 0.6 is 23.2 Å². The van der Waals surface area contributed by atoms with Gasteiger partial charge in [0.05, 0.1) is 18.7 Å². The number of amides is 1. The minimum atomic E-state index is -3.10. The number of fused-ring (bicyclic) bond motifs is 3. The van der Waals surface area contributed by atoms with Gasteiger partial charge in [-0.25, -0.2) is 14.6 Å². The van der Waals surface area contributed by atoms with Gasteiger partial charge in [-0.2, -0.15) is 8.78 Å². The Bertz CT molecular complexity index is 1970. The van der Waals surface area contributed by atoms with Crippen molar-refractivity contribution in [1.82, 2.24) is 9.88 Å². The molecule has 2 atom stereocenters. The molecule has 2 N–H and O–H groups in total. The number of carboxylic acids is 1. The summed E-state index contributed by atoms with van der Waals surface area (Å²) in [6, 6.07) is 14.5. The lowest BCUT2D eigenvalue weighted by Crippen LogP contribution is -2.53. The lowest BCUT2D eigenvalue weighted by Gasteiger charge is -2.44. The number of carbonyl (C=O) groups is 2. The van der Waals surface area contributed by atoms with E-state index in [9.17, 15) is 28.7 Å². The number of nitrogens with zero attached hydrogens (tertiary/aromatic N) is 4. The minimum Gasteiger partial charge on any atom is -0.489 e. The molecule has 54 heavy (non-hydrogen) atoms. The lowest BCUT2D eigenvalue weighted by molar-refractivity contribution is -0.904. The molecule has 8 rings (SSSR count). The van der Waals surface area contributed by atoms with Crippen LogP contribution in [0.15, 0.2) is 73.2 Å². The van der Waals surface area contributed by atoms with Gasteiger partial charge in [0.25, 0.3) is 0 Å². The first kappa shape index (κ1) is 37.6. The molecular weight excluding hydrogens is 745 g/mol. The third-order valence-electron chi connectivity index (χ3n) is 10.3. The SMILES string of the molecule is O=C(O)c1ccc(CN(C(=O)O[C@H]2CN3CCC2CC3)c2ccccn2)cc1[C@@H](Cc1c(Cl)c[n+](O)cc1Cl)c1ccc(OC(F)F)c(OCC2CC2)c1. The van der Waals surface area contributed by atoms with Crippen LogP contribution in [0, 0.1) is 11.8 Å². The molecule has 284 valence electrons. The molecular formula is C39H39Cl2F2N4O7+. The molecule has 2 aromatic heterocycles. The number of aromatic carboxylic acids is 1. The summed E-state index contributed by atoms with van der Waals surface area (Å²) in [6.45, 7) is -0.173. The molecule has 1 aliphatic carbocycles. The first-order valence-corrected chi connectivity index (χ1v) is 18.6. The normalized spacial score (nSPS) is 19.7. The van der Waals surface area contributed by atoms with Gasteiger partial charge in [-0.3, -0.25) is 15.0 Å². The average Bonchev–Trinajstić information content (AvgIpc) is 3.98. The zero-order valence-corrected chi connectivity index (χ0v) is 30.6. The maximum absolute atomic E-state index is 13.9. The largest absolute Gasteiger partial charge is 0.489 e. The Morgan fingerprint density at radius 1 is 1.00 bits per heavy atom. The Kier molecular flexibility index (Phi) is 11.4. The number of benzene rings is 2. The van der Waals surface area contributed by atoms with E-state index in [0.29, 0.717) is 51.9 Å². The highest BCUT2D eigenvalue weighted by Crippen LogP contribution is 2.41. The lowest BCUT2D eigenvalue weighted by atomic mass is 9.82. The topological polar surface area (TPSA) is 126 Å². The molecule has 2 aromatic carbocycles.